The molecule has 0 radical (unpaired) electrons. The number of nitrogens with one attached hydrogen (secondary N) is 1. The van der Waals surface area contributed by atoms with Crippen molar-refractivity contribution in [2.24, 2.45) is 5.73 Å². The third kappa shape index (κ3) is 2.89. The summed E-state index contributed by atoms with van der Waals surface area (Å²) in [5, 5.41) is 3.73. The molecule has 2 aromatic rings. The molecule has 0 saturated carbocycles. The van der Waals surface area contributed by atoms with Gasteiger partial charge in [-0.1, -0.05) is 11.6 Å². The molecule has 2 aromatic carbocycles. The Kier molecular flexibility index (Phi) is 3.86. The predicted molar refractivity (Wildman–Crippen MR) is 79.4 cm³/mol. The number of rotatable bonds is 4. The van der Waals surface area contributed by atoms with Gasteiger partial charge in [-0.05, 0) is 42.0 Å². The van der Waals surface area contributed by atoms with Crippen molar-refractivity contribution >= 4 is 17.3 Å². The minimum atomic E-state index is -0.282. The average molecular weight is 309 g/mol. The molecule has 0 spiro atoms. The van der Waals surface area contributed by atoms with Crippen LogP contribution in [0.15, 0.2) is 36.4 Å². The maximum Gasteiger partial charge on any atom is 0.231 e. The van der Waals surface area contributed by atoms with Crippen LogP contribution in [0.25, 0.3) is 0 Å². The standard InChI is InChI=1S/C15H14ClFN2O2/c16-12-5-9(6-14-15(12)21-8-20-14)13(7-18)19-11-3-1-10(17)2-4-11/h1-6,13,19H,7-8,18H2. The molecule has 0 bridgehead atoms. The van der Waals surface area contributed by atoms with E-state index in [9.17, 15) is 4.39 Å². The van der Waals surface area contributed by atoms with E-state index in [-0.39, 0.29) is 18.7 Å². The monoisotopic (exact) mass is 308 g/mol. The average Bonchev–Trinajstić information content (AvgIpc) is 2.95. The highest BCUT2D eigenvalue weighted by Gasteiger charge is 2.21. The second-order valence-electron chi connectivity index (χ2n) is 4.68. The minimum absolute atomic E-state index is 0.164. The van der Waals surface area contributed by atoms with Crippen LogP contribution >= 0.6 is 11.6 Å². The van der Waals surface area contributed by atoms with Crippen LogP contribution in [0, 0.1) is 5.82 Å². The molecule has 1 aliphatic heterocycles. The van der Waals surface area contributed by atoms with Crippen molar-refractivity contribution in [1.29, 1.82) is 0 Å². The maximum atomic E-state index is 12.9. The normalized spacial score (nSPS) is 14.0. The van der Waals surface area contributed by atoms with E-state index in [2.05, 4.69) is 5.32 Å². The molecule has 0 fully saturated rings. The van der Waals surface area contributed by atoms with Crippen LogP contribution < -0.4 is 20.5 Å². The van der Waals surface area contributed by atoms with Gasteiger partial charge in [0.2, 0.25) is 6.79 Å². The zero-order valence-electron chi connectivity index (χ0n) is 11.1. The summed E-state index contributed by atoms with van der Waals surface area (Å²) < 4.78 is 23.6. The van der Waals surface area contributed by atoms with Crippen molar-refractivity contribution in [2.45, 2.75) is 6.04 Å². The van der Waals surface area contributed by atoms with E-state index < -0.39 is 0 Å². The zero-order chi connectivity index (χ0) is 14.8. The summed E-state index contributed by atoms with van der Waals surface area (Å²) in [5.74, 6) is 0.880. The van der Waals surface area contributed by atoms with Crippen LogP contribution in [0.5, 0.6) is 11.5 Å². The first-order valence-electron chi connectivity index (χ1n) is 6.48. The van der Waals surface area contributed by atoms with Crippen LogP contribution in [0.2, 0.25) is 5.02 Å². The summed E-state index contributed by atoms with van der Waals surface area (Å²) in [6.07, 6.45) is 0. The Balaban J connectivity index is 1.86. The summed E-state index contributed by atoms with van der Waals surface area (Å²) in [6, 6.07) is 9.58. The minimum Gasteiger partial charge on any atom is -0.454 e. The third-order valence-electron chi connectivity index (χ3n) is 3.27. The number of hydrogen-bond donors (Lipinski definition) is 2. The number of benzene rings is 2. The van der Waals surface area contributed by atoms with Gasteiger partial charge in [-0.3, -0.25) is 0 Å². The van der Waals surface area contributed by atoms with Gasteiger partial charge in [0.15, 0.2) is 11.5 Å². The molecular weight excluding hydrogens is 295 g/mol. The Morgan fingerprint density at radius 3 is 2.71 bits per heavy atom. The molecule has 21 heavy (non-hydrogen) atoms. The van der Waals surface area contributed by atoms with Crippen molar-refractivity contribution in [3.63, 3.8) is 0 Å². The fourth-order valence-corrected chi connectivity index (χ4v) is 2.49. The predicted octanol–water partition coefficient (Wildman–Crippen LogP) is 3.32. The Morgan fingerprint density at radius 1 is 1.24 bits per heavy atom. The molecule has 0 amide bonds. The topological polar surface area (TPSA) is 56.5 Å². The quantitative estimate of drug-likeness (QED) is 0.910. The lowest BCUT2D eigenvalue weighted by molar-refractivity contribution is 0.174. The molecule has 1 atom stereocenters. The maximum absolute atomic E-state index is 12.9. The van der Waals surface area contributed by atoms with Crippen LogP contribution in [-0.2, 0) is 0 Å². The number of hydrogen-bond acceptors (Lipinski definition) is 4. The number of ether oxygens (including phenoxy) is 2. The Morgan fingerprint density at radius 2 is 2.00 bits per heavy atom. The van der Waals surface area contributed by atoms with E-state index in [1.54, 1.807) is 18.2 Å². The Hall–Kier alpha value is -1.98. The number of halogens is 2. The summed E-state index contributed by atoms with van der Waals surface area (Å²) in [7, 11) is 0. The molecule has 3 N–H and O–H groups in total. The lowest BCUT2D eigenvalue weighted by Crippen LogP contribution is -2.20. The molecule has 3 rings (SSSR count). The van der Waals surface area contributed by atoms with E-state index in [0.717, 1.165) is 11.3 Å². The Labute approximate surface area is 126 Å². The molecule has 0 aliphatic carbocycles. The summed E-state index contributed by atoms with van der Waals surface area (Å²) in [6.45, 7) is 0.518. The molecule has 1 unspecified atom stereocenters. The van der Waals surface area contributed by atoms with Gasteiger partial charge in [-0.25, -0.2) is 4.39 Å². The zero-order valence-corrected chi connectivity index (χ0v) is 11.9. The molecule has 0 aromatic heterocycles. The van der Waals surface area contributed by atoms with E-state index in [4.69, 9.17) is 26.8 Å². The smallest absolute Gasteiger partial charge is 0.231 e. The van der Waals surface area contributed by atoms with Crippen LogP contribution in [0.1, 0.15) is 11.6 Å². The second-order valence-corrected chi connectivity index (χ2v) is 5.08. The van der Waals surface area contributed by atoms with Gasteiger partial charge in [0.25, 0.3) is 0 Å². The molecule has 110 valence electrons. The molecule has 4 nitrogen and oxygen atoms in total. The van der Waals surface area contributed by atoms with Gasteiger partial charge >= 0.3 is 0 Å². The lowest BCUT2D eigenvalue weighted by Gasteiger charge is -2.19. The molecular formula is C15H14ClFN2O2. The SMILES string of the molecule is NCC(Nc1ccc(F)cc1)c1cc(Cl)c2c(c1)OCO2. The molecule has 1 aliphatic rings. The summed E-state index contributed by atoms with van der Waals surface area (Å²) >= 11 is 6.18. The fourth-order valence-electron chi connectivity index (χ4n) is 2.21. The number of nitrogens with two attached hydrogens (primary N) is 1. The van der Waals surface area contributed by atoms with Gasteiger partial charge in [0, 0.05) is 12.2 Å². The first-order chi connectivity index (χ1) is 10.2. The van der Waals surface area contributed by atoms with Crippen LogP contribution in [0.3, 0.4) is 0 Å². The van der Waals surface area contributed by atoms with E-state index in [0.29, 0.717) is 23.1 Å². The van der Waals surface area contributed by atoms with Gasteiger partial charge in [-0.15, -0.1) is 0 Å². The Bertz CT molecular complexity index is 649. The first-order valence-corrected chi connectivity index (χ1v) is 6.86. The van der Waals surface area contributed by atoms with Crippen LogP contribution in [-0.4, -0.2) is 13.3 Å². The second kappa shape index (κ2) is 5.79. The van der Waals surface area contributed by atoms with Crippen molar-refractivity contribution in [3.8, 4) is 11.5 Å². The summed E-state index contributed by atoms with van der Waals surface area (Å²) in [4.78, 5) is 0. The summed E-state index contributed by atoms with van der Waals surface area (Å²) in [5.41, 5.74) is 7.49. The van der Waals surface area contributed by atoms with Gasteiger partial charge in [0.05, 0.1) is 11.1 Å². The number of fused-ring (bicyclic) bond motifs is 1. The lowest BCUT2D eigenvalue weighted by atomic mass is 10.1. The van der Waals surface area contributed by atoms with Gasteiger partial charge < -0.3 is 20.5 Å². The van der Waals surface area contributed by atoms with E-state index in [1.807, 2.05) is 6.07 Å². The highest BCUT2D eigenvalue weighted by molar-refractivity contribution is 6.32. The van der Waals surface area contributed by atoms with Crippen molar-refractivity contribution in [1.82, 2.24) is 0 Å². The highest BCUT2D eigenvalue weighted by Crippen LogP contribution is 2.41. The van der Waals surface area contributed by atoms with Crippen LogP contribution in [0.4, 0.5) is 10.1 Å². The van der Waals surface area contributed by atoms with Gasteiger partial charge in [-0.2, -0.15) is 0 Å². The number of anilines is 1. The first kappa shape index (κ1) is 14.0. The van der Waals surface area contributed by atoms with Crippen molar-refractivity contribution in [2.75, 3.05) is 18.7 Å². The van der Waals surface area contributed by atoms with Crippen molar-refractivity contribution in [3.05, 3.63) is 52.8 Å². The molecule has 6 heteroatoms. The fraction of sp³-hybridized carbons (Fsp3) is 0.200. The van der Waals surface area contributed by atoms with E-state index >= 15 is 0 Å². The largest absolute Gasteiger partial charge is 0.454 e. The van der Waals surface area contributed by atoms with Gasteiger partial charge in [0.1, 0.15) is 5.82 Å². The third-order valence-corrected chi connectivity index (χ3v) is 3.55. The molecule has 1 heterocycles. The van der Waals surface area contributed by atoms with E-state index in [1.165, 1.54) is 12.1 Å². The highest BCUT2D eigenvalue weighted by atomic mass is 35.5. The van der Waals surface area contributed by atoms with Crippen molar-refractivity contribution < 1.29 is 13.9 Å². The molecule has 0 saturated heterocycles.